The van der Waals surface area contributed by atoms with E-state index in [1.807, 2.05) is 30.3 Å². The summed E-state index contributed by atoms with van der Waals surface area (Å²) in [5.74, 6) is 0. The number of aromatic nitrogens is 1. The first-order chi connectivity index (χ1) is 19.7. The fourth-order valence-electron chi connectivity index (χ4n) is 6.34. The maximum absolute atomic E-state index is 13.5. The molecule has 192 valence electrons. The average Bonchev–Trinajstić information content (AvgIpc) is 3.52. The number of hydrogen-bond acceptors (Lipinski definition) is 2. The van der Waals surface area contributed by atoms with Gasteiger partial charge in [-0.1, -0.05) is 0 Å². The Balaban J connectivity index is 1.49. The summed E-state index contributed by atoms with van der Waals surface area (Å²) in [6.07, 6.45) is 0. The van der Waals surface area contributed by atoms with Gasteiger partial charge in [0.2, 0.25) is 0 Å². The van der Waals surface area contributed by atoms with Crippen LogP contribution >= 0.6 is 7.79 Å². The van der Waals surface area contributed by atoms with Crippen molar-refractivity contribution < 1.29 is 4.89 Å². The second-order valence-electron chi connectivity index (χ2n) is 10.4. The Morgan fingerprint density at radius 2 is 1.02 bits per heavy atom. The first kappa shape index (κ1) is 23.2. The van der Waals surface area contributed by atoms with E-state index in [0.29, 0.717) is 0 Å². The molecule has 8 rings (SSSR count). The Labute approximate surface area is 233 Å². The third-order valence-electron chi connectivity index (χ3n) is 8.09. The number of fused-ring (bicyclic) bond motifs is 3. The minimum absolute atomic E-state index is 0.940. The van der Waals surface area contributed by atoms with Crippen LogP contribution in [-0.4, -0.2) is 9.23 Å². The van der Waals surface area contributed by atoms with E-state index in [0.717, 1.165) is 50.0 Å². The van der Waals surface area contributed by atoms with Gasteiger partial charge in [-0.15, -0.1) is 0 Å². The monoisotopic (exact) mass is 534 g/mol. The van der Waals surface area contributed by atoms with Crippen LogP contribution in [0.2, 0.25) is 0 Å². The number of hydrogen-bond donors (Lipinski definition) is 1. The summed E-state index contributed by atoms with van der Waals surface area (Å²) < 4.78 is 4.49. The van der Waals surface area contributed by atoms with Crippen molar-refractivity contribution in [2.45, 2.75) is 0 Å². The maximum atomic E-state index is 13.5. The van der Waals surface area contributed by atoms with Crippen LogP contribution in [0.25, 0.3) is 44.1 Å². The standard InChI is InChI=1S/C36H27N2OP/c39-40(31-24-28(26-13-4-1-5-14-26)23-29(25-31)27-15-6-2-7-16-27)37(30-17-8-3-9-18-30)35-22-12-20-33-32-19-10-11-21-34(32)38(40)36(33)35/h1-25,39-40H. The zero-order chi connectivity index (χ0) is 26.7. The van der Waals surface area contributed by atoms with Gasteiger partial charge in [0.25, 0.3) is 0 Å². The van der Waals surface area contributed by atoms with Gasteiger partial charge in [0.05, 0.1) is 0 Å². The Morgan fingerprint density at radius 3 is 1.68 bits per heavy atom. The molecule has 0 atom stereocenters. The van der Waals surface area contributed by atoms with Crippen LogP contribution < -0.4 is 9.97 Å². The summed E-state index contributed by atoms with van der Waals surface area (Å²) in [4.78, 5) is 13.5. The van der Waals surface area contributed by atoms with Crippen LogP contribution in [0, 0.1) is 0 Å². The van der Waals surface area contributed by atoms with Gasteiger partial charge < -0.3 is 0 Å². The van der Waals surface area contributed by atoms with Gasteiger partial charge in [-0.05, 0) is 0 Å². The minimum atomic E-state index is -3.63. The van der Waals surface area contributed by atoms with Gasteiger partial charge in [-0.25, -0.2) is 0 Å². The Morgan fingerprint density at radius 1 is 0.475 bits per heavy atom. The number of rotatable bonds is 4. The van der Waals surface area contributed by atoms with Crippen molar-refractivity contribution >= 4 is 46.3 Å². The summed E-state index contributed by atoms with van der Waals surface area (Å²) in [7, 11) is -3.63. The molecule has 0 unspecified atom stereocenters. The predicted octanol–water partition coefficient (Wildman–Crippen LogP) is 8.94. The van der Waals surface area contributed by atoms with Gasteiger partial charge in [0, 0.05) is 0 Å². The molecule has 0 saturated carbocycles. The van der Waals surface area contributed by atoms with Crippen LogP contribution in [0.5, 0.6) is 0 Å². The van der Waals surface area contributed by atoms with Crippen molar-refractivity contribution in [1.82, 2.24) is 4.34 Å². The molecule has 7 aromatic rings. The summed E-state index contributed by atoms with van der Waals surface area (Å²) >= 11 is 0. The van der Waals surface area contributed by atoms with E-state index in [9.17, 15) is 4.89 Å². The van der Waals surface area contributed by atoms with Crippen LogP contribution in [0.4, 0.5) is 11.4 Å². The molecule has 1 aromatic heterocycles. The Hall–Kier alpha value is -4.69. The van der Waals surface area contributed by atoms with E-state index in [-0.39, 0.29) is 0 Å². The molecule has 3 nitrogen and oxygen atoms in total. The van der Waals surface area contributed by atoms with E-state index in [2.05, 4.69) is 130 Å². The molecular formula is C36H27N2OP. The fourth-order valence-corrected chi connectivity index (χ4v) is 9.86. The molecule has 0 saturated heterocycles. The van der Waals surface area contributed by atoms with Gasteiger partial charge >= 0.3 is 234 Å². The number of anilines is 2. The number of para-hydroxylation sites is 3. The van der Waals surface area contributed by atoms with E-state index in [1.54, 1.807) is 0 Å². The summed E-state index contributed by atoms with van der Waals surface area (Å²) in [5, 5.41) is 3.27. The summed E-state index contributed by atoms with van der Waals surface area (Å²) in [6.45, 7) is 0. The summed E-state index contributed by atoms with van der Waals surface area (Å²) in [6, 6.07) is 52.8. The molecule has 0 aliphatic carbocycles. The molecule has 1 N–H and O–H groups in total. The Bertz CT molecular complexity index is 1960. The normalized spacial score (nSPS) is 14.6. The van der Waals surface area contributed by atoms with E-state index in [1.165, 1.54) is 10.8 Å². The zero-order valence-electron chi connectivity index (χ0n) is 21.8. The van der Waals surface area contributed by atoms with Crippen molar-refractivity contribution in [2.24, 2.45) is 0 Å². The molecule has 1 aliphatic rings. The third-order valence-corrected chi connectivity index (χ3v) is 11.4. The van der Waals surface area contributed by atoms with Crippen LogP contribution in [0.15, 0.2) is 152 Å². The van der Waals surface area contributed by atoms with Gasteiger partial charge in [0.15, 0.2) is 0 Å². The molecule has 0 fully saturated rings. The van der Waals surface area contributed by atoms with Gasteiger partial charge in [0.1, 0.15) is 0 Å². The van der Waals surface area contributed by atoms with Gasteiger partial charge in [-0.3, -0.25) is 0 Å². The van der Waals surface area contributed by atoms with Crippen LogP contribution in [-0.2, 0) is 0 Å². The molecule has 1 aliphatic heterocycles. The molecule has 6 aromatic carbocycles. The second kappa shape index (κ2) is 8.93. The van der Waals surface area contributed by atoms with Crippen molar-refractivity contribution in [3.05, 3.63) is 152 Å². The molecule has 0 spiro atoms. The predicted molar refractivity (Wildman–Crippen MR) is 171 cm³/mol. The van der Waals surface area contributed by atoms with Gasteiger partial charge in [-0.2, -0.15) is 0 Å². The zero-order valence-corrected chi connectivity index (χ0v) is 22.8. The van der Waals surface area contributed by atoms with Crippen molar-refractivity contribution in [2.75, 3.05) is 4.67 Å². The number of nitrogens with zero attached hydrogens (tertiary/aromatic N) is 2. The van der Waals surface area contributed by atoms with Crippen LogP contribution in [0.3, 0.4) is 0 Å². The molecule has 4 heteroatoms. The molecule has 2 heterocycles. The second-order valence-corrected chi connectivity index (χ2v) is 13.1. The van der Waals surface area contributed by atoms with E-state index >= 15 is 0 Å². The van der Waals surface area contributed by atoms with Crippen molar-refractivity contribution in [3.8, 4) is 22.3 Å². The molecule has 40 heavy (non-hydrogen) atoms. The average molecular weight is 535 g/mol. The van der Waals surface area contributed by atoms with Crippen LogP contribution in [0.1, 0.15) is 0 Å². The van der Waals surface area contributed by atoms with Crippen molar-refractivity contribution in [3.63, 3.8) is 0 Å². The first-order valence-corrected chi connectivity index (χ1v) is 15.4. The topological polar surface area (TPSA) is 28.4 Å². The fraction of sp³-hybridized carbons (Fsp3) is 0. The molecule has 0 amide bonds. The molecule has 0 radical (unpaired) electrons. The van der Waals surface area contributed by atoms with E-state index < -0.39 is 7.79 Å². The van der Waals surface area contributed by atoms with Crippen molar-refractivity contribution in [1.29, 1.82) is 0 Å². The first-order valence-electron chi connectivity index (χ1n) is 13.6. The SMILES string of the molecule is O[PH]1(c2cc(-c3ccccc3)cc(-c3ccccc3)c2)N(c2ccccc2)c2cccc3c4ccccc4n1c23. The number of benzene rings is 6. The molecule has 0 bridgehead atoms. The quantitative estimate of drug-likeness (QED) is 0.228. The summed E-state index contributed by atoms with van der Waals surface area (Å²) in [5.41, 5.74) is 8.62. The molecular weight excluding hydrogens is 507 g/mol. The Kier molecular flexibility index (Phi) is 5.18. The third kappa shape index (κ3) is 3.32. The van der Waals surface area contributed by atoms with E-state index in [4.69, 9.17) is 0 Å².